The molecule has 2 heteroatoms. The van der Waals surface area contributed by atoms with E-state index in [1.54, 1.807) is 0 Å². The van der Waals surface area contributed by atoms with Gasteiger partial charge in [-0.1, -0.05) is 83.9 Å². The van der Waals surface area contributed by atoms with Crippen LogP contribution in [0.3, 0.4) is 0 Å². The Bertz CT molecular complexity index is 1000. The quantitative estimate of drug-likeness (QED) is 0.379. The van der Waals surface area contributed by atoms with Crippen molar-refractivity contribution < 1.29 is 4.21 Å². The summed E-state index contributed by atoms with van der Waals surface area (Å²) in [5.41, 5.74) is 7.10. The molecular formula is C26H22OS. The standard InChI is InChI=1S/C26H22OS/c1-19-3-7-21(8-4-19)23-11-15-25(16-12-23)28(27)26-17-13-24(14-18-26)22-9-5-20(2)6-10-22/h3-18H,1-2H3. The van der Waals surface area contributed by atoms with Gasteiger partial charge in [-0.05, 0) is 60.4 Å². The molecule has 0 unspecified atom stereocenters. The minimum absolute atomic E-state index is 0.818. The minimum atomic E-state index is -1.18. The van der Waals surface area contributed by atoms with Gasteiger partial charge in [-0.25, -0.2) is 4.21 Å². The molecule has 0 N–H and O–H groups in total. The normalized spacial score (nSPS) is 11.0. The SMILES string of the molecule is Cc1ccc(-c2ccc(S(=O)c3ccc(-c4ccc(C)cc4)cc3)cc2)cc1. The van der Waals surface area contributed by atoms with Crippen LogP contribution in [0.2, 0.25) is 0 Å². The highest BCUT2D eigenvalue weighted by Gasteiger charge is 2.08. The summed E-state index contributed by atoms with van der Waals surface area (Å²) in [5.74, 6) is 0. The van der Waals surface area contributed by atoms with Gasteiger partial charge in [0.05, 0.1) is 10.8 Å². The summed E-state index contributed by atoms with van der Waals surface area (Å²) in [7, 11) is -1.18. The molecule has 0 amide bonds. The van der Waals surface area contributed by atoms with Gasteiger partial charge in [0.25, 0.3) is 0 Å². The maximum atomic E-state index is 12.9. The first-order valence-electron chi connectivity index (χ1n) is 9.36. The lowest BCUT2D eigenvalue weighted by atomic mass is 10.0. The van der Waals surface area contributed by atoms with E-state index < -0.39 is 10.8 Å². The fraction of sp³-hybridized carbons (Fsp3) is 0.0769. The summed E-state index contributed by atoms with van der Waals surface area (Å²) >= 11 is 0. The van der Waals surface area contributed by atoms with E-state index in [4.69, 9.17) is 0 Å². The highest BCUT2D eigenvalue weighted by atomic mass is 32.2. The maximum absolute atomic E-state index is 12.9. The van der Waals surface area contributed by atoms with Crippen molar-refractivity contribution in [3.63, 3.8) is 0 Å². The number of benzene rings is 4. The Morgan fingerprint density at radius 1 is 0.429 bits per heavy atom. The Morgan fingerprint density at radius 2 is 0.679 bits per heavy atom. The first-order chi connectivity index (χ1) is 13.6. The average molecular weight is 383 g/mol. The van der Waals surface area contributed by atoms with Gasteiger partial charge in [-0.3, -0.25) is 0 Å². The molecule has 4 rings (SSSR count). The number of aryl methyl sites for hydroxylation is 2. The van der Waals surface area contributed by atoms with Gasteiger partial charge >= 0.3 is 0 Å². The van der Waals surface area contributed by atoms with E-state index in [-0.39, 0.29) is 0 Å². The number of hydrogen-bond donors (Lipinski definition) is 0. The summed E-state index contributed by atoms with van der Waals surface area (Å²) in [4.78, 5) is 1.64. The second-order valence-electron chi connectivity index (χ2n) is 7.05. The van der Waals surface area contributed by atoms with Crippen LogP contribution in [-0.2, 0) is 10.8 Å². The first kappa shape index (κ1) is 18.4. The highest BCUT2D eigenvalue weighted by Crippen LogP contribution is 2.25. The van der Waals surface area contributed by atoms with Crippen molar-refractivity contribution in [2.24, 2.45) is 0 Å². The highest BCUT2D eigenvalue weighted by molar-refractivity contribution is 7.85. The monoisotopic (exact) mass is 382 g/mol. The van der Waals surface area contributed by atoms with E-state index in [0.717, 1.165) is 20.9 Å². The van der Waals surface area contributed by atoms with E-state index in [2.05, 4.69) is 62.4 Å². The smallest absolute Gasteiger partial charge is 0.0849 e. The van der Waals surface area contributed by atoms with E-state index in [0.29, 0.717) is 0 Å². The molecule has 0 aliphatic rings. The van der Waals surface area contributed by atoms with Crippen LogP contribution in [0.15, 0.2) is 107 Å². The minimum Gasteiger partial charge on any atom is -0.249 e. The van der Waals surface area contributed by atoms with Crippen LogP contribution in [0.1, 0.15) is 11.1 Å². The summed E-state index contributed by atoms with van der Waals surface area (Å²) in [6.45, 7) is 4.17. The van der Waals surface area contributed by atoms with E-state index >= 15 is 0 Å². The number of rotatable bonds is 4. The van der Waals surface area contributed by atoms with Gasteiger partial charge in [0.15, 0.2) is 0 Å². The van der Waals surface area contributed by atoms with Gasteiger partial charge < -0.3 is 0 Å². The van der Waals surface area contributed by atoms with Gasteiger partial charge in [0.2, 0.25) is 0 Å². The predicted octanol–water partition coefficient (Wildman–Crippen LogP) is 6.80. The molecule has 4 aromatic carbocycles. The third kappa shape index (κ3) is 3.97. The zero-order chi connectivity index (χ0) is 19.5. The molecule has 28 heavy (non-hydrogen) atoms. The molecule has 0 aliphatic carbocycles. The van der Waals surface area contributed by atoms with E-state index in [1.165, 1.54) is 22.3 Å². The van der Waals surface area contributed by atoms with Crippen LogP contribution in [0.25, 0.3) is 22.3 Å². The zero-order valence-electron chi connectivity index (χ0n) is 16.1. The molecule has 0 saturated heterocycles. The third-order valence-electron chi connectivity index (χ3n) is 4.91. The van der Waals surface area contributed by atoms with Crippen molar-refractivity contribution in [3.05, 3.63) is 108 Å². The summed E-state index contributed by atoms with van der Waals surface area (Å²) in [6.07, 6.45) is 0. The van der Waals surface area contributed by atoms with E-state index in [9.17, 15) is 4.21 Å². The fourth-order valence-corrected chi connectivity index (χ4v) is 4.21. The maximum Gasteiger partial charge on any atom is 0.0849 e. The lowest BCUT2D eigenvalue weighted by Gasteiger charge is -2.07. The van der Waals surface area contributed by atoms with Crippen molar-refractivity contribution in [1.29, 1.82) is 0 Å². The van der Waals surface area contributed by atoms with Crippen LogP contribution in [0.5, 0.6) is 0 Å². The van der Waals surface area contributed by atoms with Crippen molar-refractivity contribution in [1.82, 2.24) is 0 Å². The van der Waals surface area contributed by atoms with Gasteiger partial charge in [-0.15, -0.1) is 0 Å². The molecular weight excluding hydrogens is 360 g/mol. The Balaban J connectivity index is 1.54. The molecule has 0 bridgehead atoms. The van der Waals surface area contributed by atoms with Crippen molar-refractivity contribution in [2.75, 3.05) is 0 Å². The van der Waals surface area contributed by atoms with Gasteiger partial charge in [-0.2, -0.15) is 0 Å². The predicted molar refractivity (Wildman–Crippen MR) is 118 cm³/mol. The van der Waals surface area contributed by atoms with Crippen molar-refractivity contribution in [2.45, 2.75) is 23.6 Å². The lowest BCUT2D eigenvalue weighted by molar-refractivity contribution is 0.683. The van der Waals surface area contributed by atoms with Gasteiger partial charge in [0, 0.05) is 9.79 Å². The third-order valence-corrected chi connectivity index (χ3v) is 6.31. The Hall–Kier alpha value is -2.97. The van der Waals surface area contributed by atoms with Crippen LogP contribution in [-0.4, -0.2) is 4.21 Å². The second kappa shape index (κ2) is 7.95. The molecule has 0 aromatic heterocycles. The Labute approximate surface area is 169 Å². The van der Waals surface area contributed by atoms with Crippen LogP contribution in [0, 0.1) is 13.8 Å². The first-order valence-corrected chi connectivity index (χ1v) is 10.5. The molecule has 0 saturated carbocycles. The molecule has 138 valence electrons. The summed E-state index contributed by atoms with van der Waals surface area (Å²) in [6, 6.07) is 32.9. The fourth-order valence-electron chi connectivity index (χ4n) is 3.17. The molecule has 4 aromatic rings. The van der Waals surface area contributed by atoms with Crippen LogP contribution < -0.4 is 0 Å². The van der Waals surface area contributed by atoms with Crippen LogP contribution >= 0.6 is 0 Å². The van der Waals surface area contributed by atoms with E-state index in [1.807, 2.05) is 48.5 Å². The Kier molecular flexibility index (Phi) is 5.23. The number of hydrogen-bond acceptors (Lipinski definition) is 1. The topological polar surface area (TPSA) is 17.1 Å². The Morgan fingerprint density at radius 3 is 0.964 bits per heavy atom. The molecule has 1 nitrogen and oxygen atoms in total. The molecule has 0 fully saturated rings. The molecule has 0 radical (unpaired) electrons. The lowest BCUT2D eigenvalue weighted by Crippen LogP contribution is -1.93. The molecule has 0 atom stereocenters. The van der Waals surface area contributed by atoms with Crippen molar-refractivity contribution in [3.8, 4) is 22.3 Å². The molecule has 0 spiro atoms. The summed E-state index contributed by atoms with van der Waals surface area (Å²) in [5, 5.41) is 0. The second-order valence-corrected chi connectivity index (χ2v) is 8.53. The van der Waals surface area contributed by atoms with Crippen molar-refractivity contribution >= 4 is 10.8 Å². The van der Waals surface area contributed by atoms with Gasteiger partial charge in [0.1, 0.15) is 0 Å². The summed E-state index contributed by atoms with van der Waals surface area (Å²) < 4.78 is 12.9. The van der Waals surface area contributed by atoms with Crippen LogP contribution in [0.4, 0.5) is 0 Å². The average Bonchev–Trinajstić information content (AvgIpc) is 2.75. The molecule has 0 aliphatic heterocycles. The molecule has 0 heterocycles. The largest absolute Gasteiger partial charge is 0.249 e. The zero-order valence-corrected chi connectivity index (χ0v) is 16.9.